The molecule has 0 bridgehead atoms. The number of carbonyl (C=O) groups is 1. The molecular weight excluding hydrogens is 411 g/mol. The molecule has 1 aliphatic rings. The number of anilines is 1. The first kappa shape index (κ1) is 21.9. The van der Waals surface area contributed by atoms with Gasteiger partial charge in [0.2, 0.25) is 0 Å². The lowest BCUT2D eigenvalue weighted by Gasteiger charge is -2.23. The summed E-state index contributed by atoms with van der Waals surface area (Å²) in [6.45, 7) is 0. The molecule has 0 aliphatic heterocycles. The molecule has 0 aromatic heterocycles. The summed E-state index contributed by atoms with van der Waals surface area (Å²) in [5.74, 6) is -0.935. The fourth-order valence-corrected chi connectivity index (χ4v) is 4.63. The van der Waals surface area contributed by atoms with Crippen molar-refractivity contribution in [3.63, 3.8) is 0 Å². The number of sulfonamides is 1. The second-order valence-electron chi connectivity index (χ2n) is 7.10. The number of amides is 1. The lowest BCUT2D eigenvalue weighted by atomic mass is 9.95. The third-order valence-electron chi connectivity index (χ3n) is 5.07. The highest BCUT2D eigenvalue weighted by Gasteiger charge is 2.26. The second kappa shape index (κ2) is 9.34. The lowest BCUT2D eigenvalue weighted by molar-refractivity contribution is 0.0923. The van der Waals surface area contributed by atoms with Crippen LogP contribution in [0.1, 0.15) is 42.5 Å². The van der Waals surface area contributed by atoms with Gasteiger partial charge in [-0.05, 0) is 31.0 Å². The Bertz CT molecular complexity index is 1020. The van der Waals surface area contributed by atoms with E-state index in [0.29, 0.717) is 0 Å². The van der Waals surface area contributed by atoms with Crippen LogP contribution in [0, 0.1) is 5.82 Å². The summed E-state index contributed by atoms with van der Waals surface area (Å²) in [6, 6.07) is 7.90. The number of hydrogen-bond donors (Lipinski definition) is 2. The summed E-state index contributed by atoms with van der Waals surface area (Å²) >= 11 is 0. The Morgan fingerprint density at radius 3 is 2.40 bits per heavy atom. The topological polar surface area (TPSA) is 93.7 Å². The maximum atomic E-state index is 13.9. The number of hydrogen-bond acceptors (Lipinski definition) is 5. The van der Waals surface area contributed by atoms with Crippen molar-refractivity contribution in [2.24, 2.45) is 0 Å². The number of halogens is 1. The van der Waals surface area contributed by atoms with Crippen LogP contribution in [0.15, 0.2) is 41.3 Å². The first-order valence-electron chi connectivity index (χ1n) is 9.70. The minimum absolute atomic E-state index is 0.0266. The van der Waals surface area contributed by atoms with Crippen LogP contribution >= 0.6 is 0 Å². The number of nitrogens with one attached hydrogen (secondary N) is 2. The van der Waals surface area contributed by atoms with Gasteiger partial charge in [0.05, 0.1) is 30.4 Å². The van der Waals surface area contributed by atoms with E-state index in [2.05, 4.69) is 10.0 Å². The Balaban J connectivity index is 1.98. The minimum atomic E-state index is -4.19. The van der Waals surface area contributed by atoms with E-state index in [4.69, 9.17) is 9.47 Å². The quantitative estimate of drug-likeness (QED) is 0.690. The zero-order valence-corrected chi connectivity index (χ0v) is 17.7. The van der Waals surface area contributed by atoms with Gasteiger partial charge in [-0.3, -0.25) is 9.52 Å². The molecule has 30 heavy (non-hydrogen) atoms. The molecule has 0 unspecified atom stereocenters. The van der Waals surface area contributed by atoms with Crippen molar-refractivity contribution in [1.29, 1.82) is 0 Å². The molecule has 162 valence electrons. The maximum absolute atomic E-state index is 13.9. The molecule has 0 saturated heterocycles. The van der Waals surface area contributed by atoms with Crippen LogP contribution in [-0.2, 0) is 10.0 Å². The Labute approximate surface area is 175 Å². The lowest BCUT2D eigenvalue weighted by Crippen LogP contribution is -2.36. The minimum Gasteiger partial charge on any atom is -0.493 e. The standard InChI is InChI=1S/C21H25FN2O5S/c1-28-19-13-15(30(26,27)24-18-11-7-6-10-17(18)22)12-16(20(19)29-2)21(25)23-14-8-4-3-5-9-14/h6-7,10-14,24H,3-5,8-9H2,1-2H3,(H,23,25). The normalized spacial score (nSPS) is 14.8. The summed E-state index contributed by atoms with van der Waals surface area (Å²) < 4.78 is 52.5. The molecule has 9 heteroatoms. The van der Waals surface area contributed by atoms with E-state index < -0.39 is 21.7 Å². The molecular formula is C21H25FN2O5S. The van der Waals surface area contributed by atoms with E-state index in [1.165, 1.54) is 44.6 Å². The van der Waals surface area contributed by atoms with Crippen LogP contribution in [-0.4, -0.2) is 34.6 Å². The van der Waals surface area contributed by atoms with Crippen molar-refractivity contribution in [1.82, 2.24) is 5.32 Å². The van der Waals surface area contributed by atoms with Gasteiger partial charge in [-0.2, -0.15) is 0 Å². The summed E-state index contributed by atoms with van der Waals surface area (Å²) in [5, 5.41) is 2.95. The van der Waals surface area contributed by atoms with Crippen molar-refractivity contribution in [3.05, 3.63) is 47.8 Å². The van der Waals surface area contributed by atoms with Crippen LogP contribution in [0.3, 0.4) is 0 Å². The van der Waals surface area contributed by atoms with E-state index >= 15 is 0 Å². The Morgan fingerprint density at radius 1 is 1.07 bits per heavy atom. The van der Waals surface area contributed by atoms with E-state index in [-0.39, 0.29) is 33.7 Å². The SMILES string of the molecule is COc1cc(S(=O)(=O)Nc2ccccc2F)cc(C(=O)NC2CCCCC2)c1OC. The van der Waals surface area contributed by atoms with Crippen molar-refractivity contribution in [3.8, 4) is 11.5 Å². The zero-order chi connectivity index (χ0) is 21.7. The molecule has 2 aromatic carbocycles. The molecule has 0 heterocycles. The van der Waals surface area contributed by atoms with Gasteiger partial charge < -0.3 is 14.8 Å². The highest BCUT2D eigenvalue weighted by atomic mass is 32.2. The molecule has 7 nitrogen and oxygen atoms in total. The van der Waals surface area contributed by atoms with Crippen molar-refractivity contribution in [2.45, 2.75) is 43.0 Å². The fraction of sp³-hybridized carbons (Fsp3) is 0.381. The van der Waals surface area contributed by atoms with Crippen molar-refractivity contribution < 1.29 is 27.1 Å². The van der Waals surface area contributed by atoms with Gasteiger partial charge in [-0.25, -0.2) is 12.8 Å². The predicted octanol–water partition coefficient (Wildman–Crippen LogP) is 3.71. The van der Waals surface area contributed by atoms with E-state index in [1.807, 2.05) is 0 Å². The molecule has 2 N–H and O–H groups in total. The number of carbonyl (C=O) groups excluding carboxylic acids is 1. The first-order valence-corrected chi connectivity index (χ1v) is 11.2. The average Bonchev–Trinajstić information content (AvgIpc) is 2.74. The number of benzene rings is 2. The van der Waals surface area contributed by atoms with Crippen LogP contribution in [0.4, 0.5) is 10.1 Å². The molecule has 0 radical (unpaired) electrons. The van der Waals surface area contributed by atoms with Crippen LogP contribution in [0.2, 0.25) is 0 Å². The van der Waals surface area contributed by atoms with Crippen molar-refractivity contribution in [2.75, 3.05) is 18.9 Å². The Kier molecular flexibility index (Phi) is 6.81. The van der Waals surface area contributed by atoms with Crippen LogP contribution in [0.25, 0.3) is 0 Å². The number of ether oxygens (including phenoxy) is 2. The third-order valence-corrected chi connectivity index (χ3v) is 6.41. The van der Waals surface area contributed by atoms with Crippen molar-refractivity contribution >= 4 is 21.6 Å². The Hall–Kier alpha value is -2.81. The number of methoxy groups -OCH3 is 2. The van der Waals surface area contributed by atoms with E-state index in [1.54, 1.807) is 0 Å². The molecule has 1 aliphatic carbocycles. The van der Waals surface area contributed by atoms with Gasteiger partial charge in [-0.15, -0.1) is 0 Å². The van der Waals surface area contributed by atoms with Crippen LogP contribution < -0.4 is 19.5 Å². The average molecular weight is 437 g/mol. The maximum Gasteiger partial charge on any atom is 0.262 e. The molecule has 0 spiro atoms. The smallest absolute Gasteiger partial charge is 0.262 e. The molecule has 1 fully saturated rings. The molecule has 1 saturated carbocycles. The number of para-hydroxylation sites is 1. The third kappa shape index (κ3) is 4.84. The summed E-state index contributed by atoms with van der Waals surface area (Å²) in [6.07, 6.45) is 4.95. The van der Waals surface area contributed by atoms with Gasteiger partial charge in [0.25, 0.3) is 15.9 Å². The molecule has 3 rings (SSSR count). The van der Waals surface area contributed by atoms with Gasteiger partial charge >= 0.3 is 0 Å². The Morgan fingerprint density at radius 2 is 1.77 bits per heavy atom. The van der Waals surface area contributed by atoms with E-state index in [9.17, 15) is 17.6 Å². The van der Waals surface area contributed by atoms with Gasteiger partial charge in [0.1, 0.15) is 5.82 Å². The predicted molar refractivity (Wildman–Crippen MR) is 111 cm³/mol. The van der Waals surface area contributed by atoms with E-state index in [0.717, 1.165) is 38.2 Å². The zero-order valence-electron chi connectivity index (χ0n) is 16.9. The summed E-state index contributed by atoms with van der Waals surface area (Å²) in [5.41, 5.74) is -0.156. The molecule has 2 aromatic rings. The highest BCUT2D eigenvalue weighted by molar-refractivity contribution is 7.92. The highest BCUT2D eigenvalue weighted by Crippen LogP contribution is 2.35. The van der Waals surface area contributed by atoms with Crippen LogP contribution in [0.5, 0.6) is 11.5 Å². The monoisotopic (exact) mass is 436 g/mol. The fourth-order valence-electron chi connectivity index (χ4n) is 3.52. The second-order valence-corrected chi connectivity index (χ2v) is 8.78. The summed E-state index contributed by atoms with van der Waals surface area (Å²) in [7, 11) is -1.46. The largest absolute Gasteiger partial charge is 0.493 e. The first-order chi connectivity index (χ1) is 14.4. The summed E-state index contributed by atoms with van der Waals surface area (Å²) in [4.78, 5) is 12.7. The molecule has 1 amide bonds. The molecule has 0 atom stereocenters. The number of rotatable bonds is 7. The van der Waals surface area contributed by atoms with Gasteiger partial charge in [-0.1, -0.05) is 31.4 Å². The van der Waals surface area contributed by atoms with Gasteiger partial charge in [0, 0.05) is 12.1 Å². The van der Waals surface area contributed by atoms with Gasteiger partial charge in [0.15, 0.2) is 11.5 Å².